The summed E-state index contributed by atoms with van der Waals surface area (Å²) in [6.07, 6.45) is 1.90. The topological polar surface area (TPSA) is 70.0 Å². The van der Waals surface area contributed by atoms with Crippen molar-refractivity contribution in [3.63, 3.8) is 0 Å². The quantitative estimate of drug-likeness (QED) is 0.506. The van der Waals surface area contributed by atoms with E-state index in [1.165, 1.54) is 0 Å². The lowest BCUT2D eigenvalue weighted by Gasteiger charge is -2.14. The van der Waals surface area contributed by atoms with Crippen molar-refractivity contribution in [2.75, 3.05) is 13.1 Å². The molecule has 0 amide bonds. The molecule has 0 fully saturated rings. The molecule has 0 saturated carbocycles. The molecule has 0 radical (unpaired) electrons. The first-order valence-corrected chi connectivity index (χ1v) is 4.85. The number of aliphatic imine (C=N–C) groups is 1. The summed E-state index contributed by atoms with van der Waals surface area (Å²) in [6, 6.07) is 0. The zero-order valence-corrected chi connectivity index (χ0v) is 7.29. The lowest BCUT2D eigenvalue weighted by atomic mass is 10.4. The third kappa shape index (κ3) is 1.83. The van der Waals surface area contributed by atoms with Gasteiger partial charge in [-0.1, -0.05) is 6.08 Å². The number of hydrogen-bond donors (Lipinski definition) is 1. The number of nitrogens with zero attached hydrogens (tertiary/aromatic N) is 2. The second kappa shape index (κ2) is 3.24. The number of hydrogen-bond acceptors (Lipinski definition) is 3. The van der Waals surface area contributed by atoms with Crippen LogP contribution in [0.5, 0.6) is 0 Å². The summed E-state index contributed by atoms with van der Waals surface area (Å²) in [6.45, 7) is 4.09. The van der Waals surface area contributed by atoms with Crippen LogP contribution in [0, 0.1) is 0 Å². The number of amidine groups is 1. The molecule has 0 aromatic heterocycles. The van der Waals surface area contributed by atoms with E-state index in [0.29, 0.717) is 18.8 Å². The van der Waals surface area contributed by atoms with E-state index < -0.39 is 10.3 Å². The van der Waals surface area contributed by atoms with Crippen LogP contribution in [0.15, 0.2) is 17.6 Å². The second-order valence-electron chi connectivity index (χ2n) is 2.34. The molecule has 0 saturated heterocycles. The molecule has 1 aliphatic rings. The molecule has 68 valence electrons. The van der Waals surface area contributed by atoms with E-state index in [-0.39, 0.29) is 6.54 Å². The summed E-state index contributed by atoms with van der Waals surface area (Å²) >= 11 is 0. The second-order valence-corrected chi connectivity index (χ2v) is 3.68. The van der Waals surface area contributed by atoms with E-state index in [1.54, 1.807) is 6.08 Å². The molecule has 0 unspecified atom stereocenters. The van der Waals surface area contributed by atoms with E-state index in [1.807, 2.05) is 0 Å². The van der Waals surface area contributed by atoms with Gasteiger partial charge >= 0.3 is 10.3 Å². The van der Waals surface area contributed by atoms with E-state index in [0.717, 1.165) is 4.31 Å². The molecule has 0 aliphatic carbocycles. The fourth-order valence-electron chi connectivity index (χ4n) is 1.02. The third-order valence-corrected chi connectivity index (χ3v) is 2.44. The largest absolute Gasteiger partial charge is 0.360 e. The first-order valence-electron chi connectivity index (χ1n) is 3.45. The Labute approximate surface area is 71.3 Å². The molecule has 0 aromatic carbocycles. The molecular formula is C6H10N2O3S. The standard InChI is InChI=1S/C6H10N2O3S/c1-2-3-6-7-4-5-8(6)12(9,10)11/h2H,1,3-5H2,(H,9,10,11). The zero-order valence-electron chi connectivity index (χ0n) is 6.47. The minimum atomic E-state index is -4.12. The first kappa shape index (κ1) is 9.21. The average molecular weight is 190 g/mol. The molecule has 0 bridgehead atoms. The van der Waals surface area contributed by atoms with Crippen molar-refractivity contribution in [2.24, 2.45) is 4.99 Å². The van der Waals surface area contributed by atoms with Crippen molar-refractivity contribution in [3.05, 3.63) is 12.7 Å². The molecule has 5 nitrogen and oxygen atoms in total. The molecule has 1 rings (SSSR count). The number of rotatable bonds is 3. The molecule has 6 heteroatoms. The van der Waals surface area contributed by atoms with Gasteiger partial charge in [0.15, 0.2) is 0 Å². The highest BCUT2D eigenvalue weighted by Crippen LogP contribution is 2.09. The minimum absolute atomic E-state index is 0.224. The van der Waals surface area contributed by atoms with Crippen LogP contribution in [-0.4, -0.2) is 36.2 Å². The van der Waals surface area contributed by atoms with Gasteiger partial charge < -0.3 is 0 Å². The van der Waals surface area contributed by atoms with Crippen molar-refractivity contribution in [3.8, 4) is 0 Å². The van der Waals surface area contributed by atoms with Crippen LogP contribution in [0.2, 0.25) is 0 Å². The van der Waals surface area contributed by atoms with Crippen LogP contribution < -0.4 is 0 Å². The van der Waals surface area contributed by atoms with Crippen LogP contribution in [0.1, 0.15) is 6.42 Å². The smallest absolute Gasteiger partial charge is 0.269 e. The minimum Gasteiger partial charge on any atom is -0.269 e. The Balaban J connectivity index is 2.82. The Morgan fingerprint density at radius 1 is 1.75 bits per heavy atom. The molecule has 1 aliphatic heterocycles. The Hall–Kier alpha value is -0.880. The van der Waals surface area contributed by atoms with E-state index >= 15 is 0 Å². The van der Waals surface area contributed by atoms with Gasteiger partial charge in [0, 0.05) is 6.42 Å². The summed E-state index contributed by atoms with van der Waals surface area (Å²) < 4.78 is 31.0. The summed E-state index contributed by atoms with van der Waals surface area (Å²) in [5.41, 5.74) is 0. The third-order valence-electron chi connectivity index (χ3n) is 1.49. The van der Waals surface area contributed by atoms with Gasteiger partial charge in [-0.3, -0.25) is 9.55 Å². The van der Waals surface area contributed by atoms with Gasteiger partial charge in [0.05, 0.1) is 13.1 Å². The zero-order chi connectivity index (χ0) is 9.19. The summed E-state index contributed by atoms with van der Waals surface area (Å²) in [7, 11) is -4.12. The van der Waals surface area contributed by atoms with Crippen molar-refractivity contribution in [2.45, 2.75) is 6.42 Å². The van der Waals surface area contributed by atoms with Gasteiger partial charge in [0.25, 0.3) is 0 Å². The van der Waals surface area contributed by atoms with Crippen LogP contribution in [0.3, 0.4) is 0 Å². The Morgan fingerprint density at radius 2 is 2.42 bits per heavy atom. The molecule has 0 spiro atoms. The molecule has 1 N–H and O–H groups in total. The normalized spacial score (nSPS) is 17.8. The average Bonchev–Trinajstić information content (AvgIpc) is 2.34. The fraction of sp³-hybridized carbons (Fsp3) is 0.500. The lowest BCUT2D eigenvalue weighted by Crippen LogP contribution is -2.33. The van der Waals surface area contributed by atoms with Gasteiger partial charge in [-0.2, -0.15) is 8.42 Å². The highest BCUT2D eigenvalue weighted by Gasteiger charge is 2.25. The van der Waals surface area contributed by atoms with Gasteiger partial charge in [-0.05, 0) is 0 Å². The van der Waals surface area contributed by atoms with Crippen LogP contribution in [-0.2, 0) is 10.3 Å². The molecular weight excluding hydrogens is 180 g/mol. The van der Waals surface area contributed by atoms with Crippen LogP contribution >= 0.6 is 0 Å². The highest BCUT2D eigenvalue weighted by atomic mass is 32.2. The summed E-state index contributed by atoms with van der Waals surface area (Å²) in [5.74, 6) is 0.354. The molecule has 0 aromatic rings. The predicted molar refractivity (Wildman–Crippen MR) is 45.4 cm³/mol. The van der Waals surface area contributed by atoms with E-state index in [2.05, 4.69) is 11.6 Å². The maximum absolute atomic E-state index is 10.7. The monoisotopic (exact) mass is 190 g/mol. The highest BCUT2D eigenvalue weighted by molar-refractivity contribution is 7.84. The fourth-order valence-corrected chi connectivity index (χ4v) is 1.73. The SMILES string of the molecule is C=CCC1=NCCN1S(=O)(=O)O. The Kier molecular flexibility index (Phi) is 2.49. The van der Waals surface area contributed by atoms with Crippen molar-refractivity contribution < 1.29 is 13.0 Å². The van der Waals surface area contributed by atoms with Crippen molar-refractivity contribution in [1.29, 1.82) is 0 Å². The van der Waals surface area contributed by atoms with Gasteiger partial charge in [0.2, 0.25) is 0 Å². The van der Waals surface area contributed by atoms with Crippen molar-refractivity contribution in [1.82, 2.24) is 4.31 Å². The van der Waals surface area contributed by atoms with E-state index in [4.69, 9.17) is 4.55 Å². The van der Waals surface area contributed by atoms with Crippen LogP contribution in [0.4, 0.5) is 0 Å². The van der Waals surface area contributed by atoms with Gasteiger partial charge in [-0.25, -0.2) is 4.31 Å². The van der Waals surface area contributed by atoms with Gasteiger partial charge in [0.1, 0.15) is 5.84 Å². The Bertz CT molecular complexity index is 307. The maximum Gasteiger partial charge on any atom is 0.360 e. The Morgan fingerprint density at radius 3 is 2.92 bits per heavy atom. The first-order chi connectivity index (χ1) is 5.55. The lowest BCUT2D eigenvalue weighted by molar-refractivity contribution is 0.428. The predicted octanol–water partition coefficient (Wildman–Crippen LogP) is 0.0794. The van der Waals surface area contributed by atoms with Crippen molar-refractivity contribution >= 4 is 16.1 Å². The van der Waals surface area contributed by atoms with Gasteiger partial charge in [-0.15, -0.1) is 6.58 Å². The maximum atomic E-state index is 10.7. The van der Waals surface area contributed by atoms with Crippen LogP contribution in [0.25, 0.3) is 0 Å². The molecule has 1 heterocycles. The molecule has 12 heavy (non-hydrogen) atoms. The summed E-state index contributed by atoms with van der Waals surface area (Å²) in [5, 5.41) is 0. The van der Waals surface area contributed by atoms with E-state index in [9.17, 15) is 8.42 Å². The summed E-state index contributed by atoms with van der Waals surface area (Å²) in [4.78, 5) is 3.91. The molecule has 0 atom stereocenters.